The molecular formula is C11H7BrCl2N2O. The molecule has 0 N–H and O–H groups in total. The number of halogens is 3. The minimum Gasteiger partial charge on any atom is -0.437 e. The van der Waals surface area contributed by atoms with Crippen LogP contribution in [0.1, 0.15) is 5.82 Å². The number of benzene rings is 1. The molecule has 0 saturated heterocycles. The standard InChI is InChI=1S/C11H7BrCl2N2O/c1-6-15-9(12)5-10(16-6)17-8-4-2-3-7(13)11(8)14/h2-5H,1H3. The van der Waals surface area contributed by atoms with Gasteiger partial charge in [0, 0.05) is 6.07 Å². The molecule has 0 spiro atoms. The van der Waals surface area contributed by atoms with Gasteiger partial charge < -0.3 is 4.74 Å². The number of hydrogen-bond donors (Lipinski definition) is 0. The Morgan fingerprint density at radius 1 is 1.24 bits per heavy atom. The quantitative estimate of drug-likeness (QED) is 0.750. The summed E-state index contributed by atoms with van der Waals surface area (Å²) in [5.41, 5.74) is 0. The van der Waals surface area contributed by atoms with E-state index in [0.29, 0.717) is 32.1 Å². The highest BCUT2D eigenvalue weighted by atomic mass is 79.9. The Hall–Kier alpha value is -0.840. The third-order valence-electron chi connectivity index (χ3n) is 1.91. The van der Waals surface area contributed by atoms with Crippen LogP contribution < -0.4 is 4.74 Å². The van der Waals surface area contributed by atoms with Crippen molar-refractivity contribution in [1.29, 1.82) is 0 Å². The largest absolute Gasteiger partial charge is 0.437 e. The fourth-order valence-corrected chi connectivity index (χ4v) is 2.02. The molecule has 0 aliphatic rings. The van der Waals surface area contributed by atoms with E-state index in [-0.39, 0.29) is 0 Å². The predicted octanol–water partition coefficient (Wildman–Crippen LogP) is 4.65. The summed E-state index contributed by atoms with van der Waals surface area (Å²) in [7, 11) is 0. The van der Waals surface area contributed by atoms with Gasteiger partial charge >= 0.3 is 0 Å². The zero-order valence-corrected chi connectivity index (χ0v) is 11.8. The molecule has 6 heteroatoms. The summed E-state index contributed by atoms with van der Waals surface area (Å²) in [5, 5.41) is 0.801. The van der Waals surface area contributed by atoms with Crippen LogP contribution in [0, 0.1) is 6.92 Å². The van der Waals surface area contributed by atoms with Gasteiger partial charge in [-0.25, -0.2) is 4.98 Å². The molecule has 0 atom stereocenters. The maximum atomic E-state index is 6.01. The summed E-state index contributed by atoms with van der Waals surface area (Å²) in [5.74, 6) is 1.48. The van der Waals surface area contributed by atoms with Gasteiger partial charge in [-0.1, -0.05) is 29.3 Å². The van der Waals surface area contributed by atoms with Crippen LogP contribution in [0.5, 0.6) is 11.6 Å². The molecule has 1 aromatic heterocycles. The molecule has 0 aliphatic carbocycles. The van der Waals surface area contributed by atoms with Crippen LogP contribution in [-0.2, 0) is 0 Å². The van der Waals surface area contributed by atoms with Crippen molar-refractivity contribution in [3.63, 3.8) is 0 Å². The lowest BCUT2D eigenvalue weighted by atomic mass is 10.3. The van der Waals surface area contributed by atoms with Gasteiger partial charge in [0.25, 0.3) is 0 Å². The first kappa shape index (κ1) is 12.6. The van der Waals surface area contributed by atoms with E-state index in [9.17, 15) is 0 Å². The lowest BCUT2D eigenvalue weighted by Gasteiger charge is -2.08. The third-order valence-corrected chi connectivity index (χ3v) is 3.12. The van der Waals surface area contributed by atoms with Crippen molar-refractivity contribution in [2.75, 3.05) is 0 Å². The van der Waals surface area contributed by atoms with Crippen LogP contribution in [0.2, 0.25) is 10.0 Å². The Balaban J connectivity index is 2.34. The lowest BCUT2D eigenvalue weighted by Crippen LogP contribution is -1.93. The maximum absolute atomic E-state index is 6.01. The highest BCUT2D eigenvalue weighted by molar-refractivity contribution is 9.10. The van der Waals surface area contributed by atoms with Crippen molar-refractivity contribution in [2.24, 2.45) is 0 Å². The second-order valence-corrected chi connectivity index (χ2v) is 4.83. The van der Waals surface area contributed by atoms with Crippen molar-refractivity contribution in [2.45, 2.75) is 6.92 Å². The van der Waals surface area contributed by atoms with Gasteiger partial charge in [-0.15, -0.1) is 0 Å². The topological polar surface area (TPSA) is 35.0 Å². The number of ether oxygens (including phenoxy) is 1. The van der Waals surface area contributed by atoms with Crippen LogP contribution >= 0.6 is 39.1 Å². The van der Waals surface area contributed by atoms with E-state index in [2.05, 4.69) is 25.9 Å². The smallest absolute Gasteiger partial charge is 0.223 e. The van der Waals surface area contributed by atoms with Crippen molar-refractivity contribution in [3.05, 3.63) is 44.7 Å². The molecule has 2 rings (SSSR count). The Bertz CT molecular complexity index is 543. The molecule has 0 saturated carbocycles. The predicted molar refractivity (Wildman–Crippen MR) is 71.0 cm³/mol. The van der Waals surface area contributed by atoms with Gasteiger partial charge in [-0.2, -0.15) is 4.98 Å². The van der Waals surface area contributed by atoms with Gasteiger partial charge in [0.15, 0.2) is 0 Å². The van der Waals surface area contributed by atoms with Gasteiger partial charge in [0.1, 0.15) is 21.2 Å². The molecule has 0 aliphatic heterocycles. The van der Waals surface area contributed by atoms with Crippen molar-refractivity contribution >= 4 is 39.1 Å². The molecular weight excluding hydrogens is 327 g/mol. The lowest BCUT2D eigenvalue weighted by molar-refractivity contribution is 0.459. The van der Waals surface area contributed by atoms with E-state index in [1.54, 1.807) is 31.2 Å². The van der Waals surface area contributed by atoms with Gasteiger partial charge in [-0.05, 0) is 35.0 Å². The number of hydrogen-bond acceptors (Lipinski definition) is 3. The Morgan fingerprint density at radius 3 is 2.71 bits per heavy atom. The van der Waals surface area contributed by atoms with E-state index >= 15 is 0 Å². The molecule has 0 fully saturated rings. The van der Waals surface area contributed by atoms with Crippen molar-refractivity contribution in [3.8, 4) is 11.6 Å². The first-order chi connectivity index (χ1) is 8.06. The average Bonchev–Trinajstić information content (AvgIpc) is 2.23. The zero-order valence-electron chi connectivity index (χ0n) is 8.75. The Kier molecular flexibility index (Phi) is 3.86. The first-order valence-electron chi connectivity index (χ1n) is 4.69. The van der Waals surface area contributed by atoms with Crippen LogP contribution in [0.15, 0.2) is 28.9 Å². The van der Waals surface area contributed by atoms with E-state index in [1.165, 1.54) is 0 Å². The fraction of sp³-hybridized carbons (Fsp3) is 0.0909. The minimum absolute atomic E-state index is 0.363. The molecule has 2 aromatic rings. The first-order valence-corrected chi connectivity index (χ1v) is 6.24. The second-order valence-electron chi connectivity index (χ2n) is 3.23. The van der Waals surface area contributed by atoms with Crippen LogP contribution in [-0.4, -0.2) is 9.97 Å². The highest BCUT2D eigenvalue weighted by Crippen LogP contribution is 2.34. The summed E-state index contributed by atoms with van der Waals surface area (Å²) in [6.45, 7) is 1.77. The SMILES string of the molecule is Cc1nc(Br)cc(Oc2cccc(Cl)c2Cl)n1. The summed E-state index contributed by atoms with van der Waals surface area (Å²) < 4.78 is 6.21. The van der Waals surface area contributed by atoms with E-state index < -0.39 is 0 Å². The Morgan fingerprint density at radius 2 is 2.00 bits per heavy atom. The van der Waals surface area contributed by atoms with Gasteiger partial charge in [0.2, 0.25) is 5.88 Å². The molecule has 0 unspecified atom stereocenters. The van der Waals surface area contributed by atoms with E-state index in [1.807, 2.05) is 0 Å². The summed E-state index contributed by atoms with van der Waals surface area (Å²) in [6, 6.07) is 6.83. The van der Waals surface area contributed by atoms with Crippen LogP contribution in [0.3, 0.4) is 0 Å². The fourth-order valence-electron chi connectivity index (χ4n) is 1.23. The van der Waals surface area contributed by atoms with E-state index in [4.69, 9.17) is 27.9 Å². The Labute approximate surface area is 117 Å². The molecule has 1 heterocycles. The number of aromatic nitrogens is 2. The monoisotopic (exact) mass is 332 g/mol. The minimum atomic E-state index is 0.363. The molecule has 0 radical (unpaired) electrons. The summed E-state index contributed by atoms with van der Waals surface area (Å²) >= 11 is 15.2. The molecule has 0 bridgehead atoms. The van der Waals surface area contributed by atoms with E-state index in [0.717, 1.165) is 0 Å². The zero-order chi connectivity index (χ0) is 12.4. The van der Waals surface area contributed by atoms with Crippen molar-refractivity contribution < 1.29 is 4.74 Å². The second kappa shape index (κ2) is 5.21. The molecule has 88 valence electrons. The molecule has 3 nitrogen and oxygen atoms in total. The molecule has 1 aromatic carbocycles. The number of nitrogens with zero attached hydrogens (tertiary/aromatic N) is 2. The number of aryl methyl sites for hydroxylation is 1. The normalized spacial score (nSPS) is 10.4. The summed E-state index contributed by atoms with van der Waals surface area (Å²) in [6.07, 6.45) is 0. The average molecular weight is 334 g/mol. The highest BCUT2D eigenvalue weighted by Gasteiger charge is 2.08. The van der Waals surface area contributed by atoms with Crippen LogP contribution in [0.4, 0.5) is 0 Å². The summed E-state index contributed by atoms with van der Waals surface area (Å²) in [4.78, 5) is 8.22. The number of rotatable bonds is 2. The van der Waals surface area contributed by atoms with Crippen molar-refractivity contribution in [1.82, 2.24) is 9.97 Å². The third kappa shape index (κ3) is 3.09. The van der Waals surface area contributed by atoms with Gasteiger partial charge in [-0.3, -0.25) is 0 Å². The van der Waals surface area contributed by atoms with Crippen LogP contribution in [0.25, 0.3) is 0 Å². The van der Waals surface area contributed by atoms with Gasteiger partial charge in [0.05, 0.1) is 5.02 Å². The molecule has 0 amide bonds. The molecule has 17 heavy (non-hydrogen) atoms. The maximum Gasteiger partial charge on any atom is 0.223 e.